The number of hydrogen-bond donors (Lipinski definition) is 2. The maximum Gasteiger partial charge on any atom is 0.317 e. The molecule has 4 nitrogen and oxygen atoms in total. The van der Waals surface area contributed by atoms with Crippen molar-refractivity contribution < 1.29 is 15.0 Å². The molecule has 0 bridgehead atoms. The molecule has 0 radical (unpaired) electrons. The number of aliphatic hydroxyl groups is 1. The van der Waals surface area contributed by atoms with Crippen molar-refractivity contribution in [2.75, 3.05) is 13.1 Å². The average Bonchev–Trinajstić information content (AvgIpc) is 1.98. The lowest BCUT2D eigenvalue weighted by Crippen LogP contribution is -2.45. The standard InChI is InChI=1S/C10H21NO3/c1-5-8(2)11(6-9(12)13)7-10(3,4)14/h8,14H,5-7H2,1-4H3,(H,12,13). The van der Waals surface area contributed by atoms with Crippen LogP contribution in [-0.2, 0) is 4.79 Å². The smallest absolute Gasteiger partial charge is 0.317 e. The molecule has 84 valence electrons. The third-order valence-corrected chi connectivity index (χ3v) is 2.14. The lowest BCUT2D eigenvalue weighted by Gasteiger charge is -2.32. The van der Waals surface area contributed by atoms with Crippen LogP contribution < -0.4 is 0 Å². The van der Waals surface area contributed by atoms with Crippen LogP contribution in [0.15, 0.2) is 0 Å². The van der Waals surface area contributed by atoms with Gasteiger partial charge in [-0.1, -0.05) is 6.92 Å². The molecule has 0 aliphatic carbocycles. The van der Waals surface area contributed by atoms with E-state index in [1.54, 1.807) is 18.7 Å². The van der Waals surface area contributed by atoms with Gasteiger partial charge in [0.2, 0.25) is 0 Å². The van der Waals surface area contributed by atoms with E-state index < -0.39 is 11.6 Å². The van der Waals surface area contributed by atoms with Crippen LogP contribution in [0.3, 0.4) is 0 Å². The first-order valence-corrected chi connectivity index (χ1v) is 4.94. The number of carbonyl (C=O) groups is 1. The molecule has 0 rings (SSSR count). The van der Waals surface area contributed by atoms with Crippen molar-refractivity contribution in [1.82, 2.24) is 4.90 Å². The summed E-state index contributed by atoms with van der Waals surface area (Å²) in [5.74, 6) is -0.852. The van der Waals surface area contributed by atoms with Crippen molar-refractivity contribution in [3.8, 4) is 0 Å². The Morgan fingerprint density at radius 1 is 1.50 bits per heavy atom. The zero-order valence-corrected chi connectivity index (χ0v) is 9.45. The van der Waals surface area contributed by atoms with Crippen LogP contribution in [0.25, 0.3) is 0 Å². The third kappa shape index (κ3) is 5.94. The number of carboxylic acids is 1. The van der Waals surface area contributed by atoms with Crippen LogP contribution in [-0.4, -0.2) is 45.8 Å². The summed E-state index contributed by atoms with van der Waals surface area (Å²) in [6.45, 7) is 7.71. The molecule has 0 heterocycles. The Bertz CT molecular complexity index is 186. The largest absolute Gasteiger partial charge is 0.480 e. The van der Waals surface area contributed by atoms with Gasteiger partial charge in [0, 0.05) is 12.6 Å². The highest BCUT2D eigenvalue weighted by Gasteiger charge is 2.23. The molecule has 4 heteroatoms. The fourth-order valence-electron chi connectivity index (χ4n) is 1.30. The predicted molar refractivity (Wildman–Crippen MR) is 55.3 cm³/mol. The molecule has 0 aromatic rings. The van der Waals surface area contributed by atoms with E-state index in [1.807, 2.05) is 13.8 Å². The maximum absolute atomic E-state index is 10.6. The molecular weight excluding hydrogens is 182 g/mol. The second-order valence-corrected chi connectivity index (χ2v) is 4.37. The van der Waals surface area contributed by atoms with Gasteiger partial charge in [-0.25, -0.2) is 0 Å². The van der Waals surface area contributed by atoms with Crippen LogP contribution in [0, 0.1) is 0 Å². The molecule has 0 amide bonds. The summed E-state index contributed by atoms with van der Waals surface area (Å²) >= 11 is 0. The van der Waals surface area contributed by atoms with Crippen molar-refractivity contribution in [2.45, 2.75) is 45.8 Å². The zero-order valence-electron chi connectivity index (χ0n) is 9.45. The van der Waals surface area contributed by atoms with E-state index in [9.17, 15) is 9.90 Å². The molecule has 2 N–H and O–H groups in total. The van der Waals surface area contributed by atoms with E-state index in [4.69, 9.17) is 5.11 Å². The van der Waals surface area contributed by atoms with Gasteiger partial charge in [-0.15, -0.1) is 0 Å². The molecule has 0 saturated heterocycles. The van der Waals surface area contributed by atoms with E-state index in [2.05, 4.69) is 0 Å². The average molecular weight is 203 g/mol. The predicted octanol–water partition coefficient (Wildman–Crippen LogP) is 0.942. The molecule has 0 aromatic heterocycles. The molecule has 1 atom stereocenters. The van der Waals surface area contributed by atoms with E-state index in [0.29, 0.717) is 6.54 Å². The molecule has 14 heavy (non-hydrogen) atoms. The first-order chi connectivity index (χ1) is 6.26. The fourth-order valence-corrected chi connectivity index (χ4v) is 1.30. The summed E-state index contributed by atoms with van der Waals surface area (Å²) in [7, 11) is 0. The molecule has 0 fully saturated rings. The first kappa shape index (κ1) is 13.4. The minimum atomic E-state index is -0.852. The van der Waals surface area contributed by atoms with Crippen molar-refractivity contribution in [2.24, 2.45) is 0 Å². The van der Waals surface area contributed by atoms with E-state index >= 15 is 0 Å². The third-order valence-electron chi connectivity index (χ3n) is 2.14. The lowest BCUT2D eigenvalue weighted by molar-refractivity contribution is -0.139. The van der Waals surface area contributed by atoms with Crippen LogP contribution >= 0.6 is 0 Å². The lowest BCUT2D eigenvalue weighted by atomic mass is 10.1. The minimum Gasteiger partial charge on any atom is -0.480 e. The van der Waals surface area contributed by atoms with Gasteiger partial charge in [0.1, 0.15) is 0 Å². The summed E-state index contributed by atoms with van der Waals surface area (Å²) in [6.07, 6.45) is 0.878. The Kier molecular flexibility index (Phi) is 5.08. The van der Waals surface area contributed by atoms with Gasteiger partial charge in [0.25, 0.3) is 0 Å². The van der Waals surface area contributed by atoms with Gasteiger partial charge in [-0.2, -0.15) is 0 Å². The Morgan fingerprint density at radius 3 is 2.29 bits per heavy atom. The molecule has 0 spiro atoms. The topological polar surface area (TPSA) is 60.8 Å². The Morgan fingerprint density at radius 2 is 2.00 bits per heavy atom. The van der Waals surface area contributed by atoms with E-state index in [0.717, 1.165) is 6.42 Å². The number of rotatable bonds is 6. The normalized spacial score (nSPS) is 14.4. The van der Waals surface area contributed by atoms with Gasteiger partial charge in [-0.05, 0) is 27.2 Å². The number of nitrogens with zero attached hydrogens (tertiary/aromatic N) is 1. The van der Waals surface area contributed by atoms with Crippen molar-refractivity contribution in [3.63, 3.8) is 0 Å². The van der Waals surface area contributed by atoms with Gasteiger partial charge in [0.15, 0.2) is 0 Å². The van der Waals surface area contributed by atoms with Gasteiger partial charge < -0.3 is 10.2 Å². The highest BCUT2D eigenvalue weighted by molar-refractivity contribution is 5.69. The number of aliphatic carboxylic acids is 1. The van der Waals surface area contributed by atoms with Crippen molar-refractivity contribution >= 4 is 5.97 Å². The van der Waals surface area contributed by atoms with Gasteiger partial charge in [-0.3, -0.25) is 9.69 Å². The highest BCUT2D eigenvalue weighted by atomic mass is 16.4. The molecule has 0 saturated carbocycles. The highest BCUT2D eigenvalue weighted by Crippen LogP contribution is 2.10. The Labute approximate surface area is 85.5 Å². The first-order valence-electron chi connectivity index (χ1n) is 4.94. The summed E-state index contributed by atoms with van der Waals surface area (Å²) in [5, 5.41) is 18.3. The summed E-state index contributed by atoms with van der Waals surface area (Å²) in [6, 6.07) is 0.178. The quantitative estimate of drug-likeness (QED) is 0.674. The SMILES string of the molecule is CCC(C)N(CC(=O)O)CC(C)(C)O. The molecular formula is C10H21NO3. The Hall–Kier alpha value is -0.610. The number of hydrogen-bond acceptors (Lipinski definition) is 3. The maximum atomic E-state index is 10.6. The molecule has 0 aliphatic heterocycles. The van der Waals surface area contributed by atoms with Crippen LogP contribution in [0.2, 0.25) is 0 Å². The summed E-state index contributed by atoms with van der Waals surface area (Å²) < 4.78 is 0. The monoisotopic (exact) mass is 203 g/mol. The molecule has 1 unspecified atom stereocenters. The number of carboxylic acid groups (broad SMARTS) is 1. The van der Waals surface area contributed by atoms with Crippen LogP contribution in [0.5, 0.6) is 0 Å². The molecule has 0 aliphatic rings. The summed E-state index contributed by atoms with van der Waals surface area (Å²) in [5.41, 5.74) is -0.848. The summed E-state index contributed by atoms with van der Waals surface area (Å²) in [4.78, 5) is 12.4. The van der Waals surface area contributed by atoms with Crippen LogP contribution in [0.1, 0.15) is 34.1 Å². The fraction of sp³-hybridized carbons (Fsp3) is 0.900. The van der Waals surface area contributed by atoms with E-state index in [1.165, 1.54) is 0 Å². The van der Waals surface area contributed by atoms with Gasteiger partial charge in [0.05, 0.1) is 12.1 Å². The second kappa shape index (κ2) is 5.32. The van der Waals surface area contributed by atoms with Crippen LogP contribution in [0.4, 0.5) is 0 Å². The van der Waals surface area contributed by atoms with E-state index in [-0.39, 0.29) is 12.6 Å². The second-order valence-electron chi connectivity index (χ2n) is 4.37. The minimum absolute atomic E-state index is 0.0149. The van der Waals surface area contributed by atoms with Crippen molar-refractivity contribution in [1.29, 1.82) is 0 Å². The van der Waals surface area contributed by atoms with Crippen molar-refractivity contribution in [3.05, 3.63) is 0 Å². The Balaban J connectivity index is 4.32. The van der Waals surface area contributed by atoms with Gasteiger partial charge >= 0.3 is 5.97 Å². The molecule has 0 aromatic carbocycles. The zero-order chi connectivity index (χ0) is 11.4.